The van der Waals surface area contributed by atoms with Crippen LogP contribution in [0.4, 0.5) is 20.2 Å². The van der Waals surface area contributed by atoms with Crippen molar-refractivity contribution < 1.29 is 13.6 Å². The van der Waals surface area contributed by atoms with Crippen molar-refractivity contribution in [2.75, 3.05) is 11.1 Å². The Morgan fingerprint density at radius 1 is 1.10 bits per heavy atom. The lowest BCUT2D eigenvalue weighted by molar-refractivity contribution is 0.101. The highest BCUT2D eigenvalue weighted by Crippen LogP contribution is 2.23. The molecule has 0 heterocycles. The number of anilines is 2. The van der Waals surface area contributed by atoms with Crippen LogP contribution in [0, 0.1) is 25.5 Å². The Bertz CT molecular complexity index is 664. The van der Waals surface area contributed by atoms with E-state index in [0.29, 0.717) is 11.4 Å². The van der Waals surface area contributed by atoms with Crippen molar-refractivity contribution in [1.29, 1.82) is 0 Å². The number of aryl methyl sites for hydroxylation is 2. The molecule has 1 amide bonds. The van der Waals surface area contributed by atoms with Gasteiger partial charge >= 0.3 is 0 Å². The molecule has 0 atom stereocenters. The van der Waals surface area contributed by atoms with Crippen LogP contribution in [0.2, 0.25) is 0 Å². The quantitative estimate of drug-likeness (QED) is 0.826. The second-order valence-electron chi connectivity index (χ2n) is 4.57. The summed E-state index contributed by atoms with van der Waals surface area (Å²) in [6, 6.07) is 6.64. The molecule has 0 saturated heterocycles. The average Bonchev–Trinajstić information content (AvgIpc) is 2.35. The van der Waals surface area contributed by atoms with E-state index in [2.05, 4.69) is 5.32 Å². The zero-order valence-electron chi connectivity index (χ0n) is 11.1. The van der Waals surface area contributed by atoms with Gasteiger partial charge in [0.2, 0.25) is 0 Å². The molecule has 0 aliphatic carbocycles. The molecule has 2 aromatic carbocycles. The van der Waals surface area contributed by atoms with Gasteiger partial charge in [0.05, 0.1) is 0 Å². The van der Waals surface area contributed by atoms with Gasteiger partial charge in [0, 0.05) is 11.4 Å². The summed E-state index contributed by atoms with van der Waals surface area (Å²) in [7, 11) is 0. The molecule has 0 aromatic heterocycles. The van der Waals surface area contributed by atoms with Crippen LogP contribution in [0.1, 0.15) is 21.5 Å². The van der Waals surface area contributed by atoms with Gasteiger partial charge in [-0.25, -0.2) is 8.78 Å². The Kier molecular flexibility index (Phi) is 3.70. The minimum absolute atomic E-state index is 0.431. The number of halogens is 2. The Hall–Kier alpha value is -2.43. The average molecular weight is 276 g/mol. The minimum atomic E-state index is -0.903. The van der Waals surface area contributed by atoms with Crippen molar-refractivity contribution >= 4 is 17.3 Å². The lowest BCUT2D eigenvalue weighted by atomic mass is 10.1. The molecule has 0 radical (unpaired) electrons. The van der Waals surface area contributed by atoms with Crippen molar-refractivity contribution in [2.24, 2.45) is 0 Å². The van der Waals surface area contributed by atoms with E-state index in [-0.39, 0.29) is 0 Å². The molecule has 0 aliphatic heterocycles. The van der Waals surface area contributed by atoms with Crippen LogP contribution >= 0.6 is 0 Å². The second-order valence-corrected chi connectivity index (χ2v) is 4.57. The Labute approximate surface area is 115 Å². The first-order valence-electron chi connectivity index (χ1n) is 6.02. The third-order valence-corrected chi connectivity index (χ3v) is 3.05. The van der Waals surface area contributed by atoms with Gasteiger partial charge in [0.15, 0.2) is 0 Å². The van der Waals surface area contributed by atoms with E-state index in [1.807, 2.05) is 6.92 Å². The summed E-state index contributed by atoms with van der Waals surface area (Å²) in [4.78, 5) is 12.0. The molecule has 0 fully saturated rings. The monoisotopic (exact) mass is 276 g/mol. The van der Waals surface area contributed by atoms with Gasteiger partial charge in [-0.2, -0.15) is 0 Å². The highest BCUT2D eigenvalue weighted by molar-refractivity contribution is 6.05. The maximum atomic E-state index is 13.5. The molecule has 2 aromatic rings. The number of benzene rings is 2. The number of rotatable bonds is 2. The lowest BCUT2D eigenvalue weighted by Gasteiger charge is -2.12. The van der Waals surface area contributed by atoms with E-state index < -0.39 is 23.1 Å². The van der Waals surface area contributed by atoms with E-state index in [1.165, 1.54) is 6.07 Å². The van der Waals surface area contributed by atoms with Gasteiger partial charge in [-0.05, 0) is 43.2 Å². The predicted molar refractivity (Wildman–Crippen MR) is 74.6 cm³/mol. The summed E-state index contributed by atoms with van der Waals surface area (Å²) in [6.45, 7) is 3.62. The number of carbonyl (C=O) groups is 1. The summed E-state index contributed by atoms with van der Waals surface area (Å²) in [6.07, 6.45) is 0. The fraction of sp³-hybridized carbons (Fsp3) is 0.133. The smallest absolute Gasteiger partial charge is 0.261 e. The SMILES string of the molecule is Cc1cc(C)c(NC(=O)c2c(F)cccc2F)cc1N. The van der Waals surface area contributed by atoms with Crippen molar-refractivity contribution in [3.63, 3.8) is 0 Å². The molecule has 5 heteroatoms. The maximum absolute atomic E-state index is 13.5. The minimum Gasteiger partial charge on any atom is -0.398 e. The predicted octanol–water partition coefficient (Wildman–Crippen LogP) is 3.42. The van der Waals surface area contributed by atoms with E-state index >= 15 is 0 Å². The van der Waals surface area contributed by atoms with Crippen molar-refractivity contribution in [3.8, 4) is 0 Å². The van der Waals surface area contributed by atoms with E-state index in [1.54, 1.807) is 19.1 Å². The molecule has 2 rings (SSSR count). The van der Waals surface area contributed by atoms with Crippen LogP contribution in [0.25, 0.3) is 0 Å². The maximum Gasteiger partial charge on any atom is 0.261 e. The highest BCUT2D eigenvalue weighted by Gasteiger charge is 2.17. The van der Waals surface area contributed by atoms with Gasteiger partial charge < -0.3 is 11.1 Å². The van der Waals surface area contributed by atoms with Crippen LogP contribution in [0.5, 0.6) is 0 Å². The number of amides is 1. The van der Waals surface area contributed by atoms with Gasteiger partial charge in [-0.15, -0.1) is 0 Å². The summed E-state index contributed by atoms with van der Waals surface area (Å²) in [5.41, 5.74) is 7.73. The van der Waals surface area contributed by atoms with Gasteiger partial charge in [-0.3, -0.25) is 4.79 Å². The first-order valence-corrected chi connectivity index (χ1v) is 6.02. The molecule has 0 spiro atoms. The van der Waals surface area contributed by atoms with Crippen molar-refractivity contribution in [3.05, 3.63) is 58.7 Å². The zero-order chi connectivity index (χ0) is 14.9. The topological polar surface area (TPSA) is 55.1 Å². The number of hydrogen-bond donors (Lipinski definition) is 2. The fourth-order valence-electron chi connectivity index (χ4n) is 1.90. The standard InChI is InChI=1S/C15H14F2N2O/c1-8-6-9(2)13(7-12(8)18)19-15(20)14-10(16)4-3-5-11(14)17/h3-7H,18H2,1-2H3,(H,19,20). The fourth-order valence-corrected chi connectivity index (χ4v) is 1.90. The summed E-state index contributed by atoms with van der Waals surface area (Å²) < 4.78 is 27.0. The number of nitrogens with one attached hydrogen (secondary N) is 1. The van der Waals surface area contributed by atoms with Crippen LogP contribution in [-0.2, 0) is 0 Å². The van der Waals surface area contributed by atoms with E-state index in [0.717, 1.165) is 23.3 Å². The molecule has 104 valence electrons. The Morgan fingerprint density at radius 2 is 1.70 bits per heavy atom. The molecule has 0 unspecified atom stereocenters. The Morgan fingerprint density at radius 3 is 2.30 bits per heavy atom. The molecule has 3 nitrogen and oxygen atoms in total. The number of nitrogen functional groups attached to an aromatic ring is 1. The molecule has 0 bridgehead atoms. The lowest BCUT2D eigenvalue weighted by Crippen LogP contribution is -2.16. The zero-order valence-corrected chi connectivity index (χ0v) is 11.1. The van der Waals surface area contributed by atoms with E-state index in [9.17, 15) is 13.6 Å². The van der Waals surface area contributed by atoms with Crippen molar-refractivity contribution in [2.45, 2.75) is 13.8 Å². The van der Waals surface area contributed by atoms with Gasteiger partial charge in [-0.1, -0.05) is 12.1 Å². The number of carbonyl (C=O) groups excluding carboxylic acids is 1. The van der Waals surface area contributed by atoms with Crippen LogP contribution < -0.4 is 11.1 Å². The van der Waals surface area contributed by atoms with Gasteiger partial charge in [0.1, 0.15) is 17.2 Å². The third-order valence-electron chi connectivity index (χ3n) is 3.05. The molecular formula is C15H14F2N2O. The summed E-state index contributed by atoms with van der Waals surface area (Å²) in [5.74, 6) is -2.65. The van der Waals surface area contributed by atoms with Crippen LogP contribution in [0.15, 0.2) is 30.3 Å². The largest absolute Gasteiger partial charge is 0.398 e. The molecule has 3 N–H and O–H groups in total. The van der Waals surface area contributed by atoms with Crippen LogP contribution in [-0.4, -0.2) is 5.91 Å². The Balaban J connectivity index is 2.35. The highest BCUT2D eigenvalue weighted by atomic mass is 19.1. The third kappa shape index (κ3) is 2.61. The second kappa shape index (κ2) is 5.28. The van der Waals surface area contributed by atoms with Crippen LogP contribution in [0.3, 0.4) is 0 Å². The number of hydrogen-bond acceptors (Lipinski definition) is 2. The van der Waals surface area contributed by atoms with E-state index in [4.69, 9.17) is 5.73 Å². The first-order chi connectivity index (χ1) is 9.40. The molecule has 20 heavy (non-hydrogen) atoms. The summed E-state index contributed by atoms with van der Waals surface area (Å²) in [5, 5.41) is 2.48. The molecular weight excluding hydrogens is 262 g/mol. The summed E-state index contributed by atoms with van der Waals surface area (Å²) >= 11 is 0. The van der Waals surface area contributed by atoms with Gasteiger partial charge in [0.25, 0.3) is 5.91 Å². The normalized spacial score (nSPS) is 10.4. The first kappa shape index (κ1) is 14.0. The number of nitrogens with two attached hydrogens (primary N) is 1. The molecule has 0 aliphatic rings. The molecule has 0 saturated carbocycles. The van der Waals surface area contributed by atoms with Crippen molar-refractivity contribution in [1.82, 2.24) is 0 Å².